The van der Waals surface area contributed by atoms with Crippen LogP contribution in [0, 0.1) is 10.1 Å². The Kier molecular flexibility index (Phi) is 3.70. The Bertz CT molecular complexity index is 389. The molecule has 0 spiro atoms. The topological polar surface area (TPSA) is 93.2 Å². The molecule has 1 aromatic heterocycles. The van der Waals surface area contributed by atoms with Crippen LogP contribution in [0.3, 0.4) is 0 Å². The summed E-state index contributed by atoms with van der Waals surface area (Å²) in [5, 5.41) is 27.2. The van der Waals surface area contributed by atoms with Gasteiger partial charge in [0, 0.05) is 12.6 Å². The Labute approximate surface area is 98.6 Å². The van der Waals surface area contributed by atoms with Crippen LogP contribution in [0.5, 0.6) is 0 Å². The Morgan fingerprint density at radius 3 is 3.00 bits per heavy atom. The van der Waals surface area contributed by atoms with Gasteiger partial charge >= 0.3 is 5.69 Å². The number of nitrogens with zero attached hydrogens (tertiary/aromatic N) is 3. The molecular weight excluding hydrogens is 224 g/mol. The summed E-state index contributed by atoms with van der Waals surface area (Å²) in [6.45, 7) is 0.770. The van der Waals surface area contributed by atoms with Crippen molar-refractivity contribution in [3.63, 3.8) is 0 Å². The smallest absolute Gasteiger partial charge is 0.306 e. The maximum Gasteiger partial charge on any atom is 0.306 e. The summed E-state index contributed by atoms with van der Waals surface area (Å²) in [6.07, 6.45) is 5.52. The first-order valence-electron chi connectivity index (χ1n) is 5.73. The summed E-state index contributed by atoms with van der Waals surface area (Å²) in [7, 11) is 0. The fourth-order valence-electron chi connectivity index (χ4n) is 1.74. The van der Waals surface area contributed by atoms with Gasteiger partial charge < -0.3 is 10.4 Å². The quantitative estimate of drug-likeness (QED) is 0.551. The molecule has 2 N–H and O–H groups in total. The van der Waals surface area contributed by atoms with E-state index in [1.165, 1.54) is 36.3 Å². The monoisotopic (exact) mass is 240 g/mol. The minimum Gasteiger partial charge on any atom is -0.390 e. The maximum absolute atomic E-state index is 10.4. The Morgan fingerprint density at radius 2 is 2.47 bits per heavy atom. The molecule has 17 heavy (non-hydrogen) atoms. The van der Waals surface area contributed by atoms with E-state index >= 15 is 0 Å². The van der Waals surface area contributed by atoms with Crippen LogP contribution in [-0.4, -0.2) is 38.5 Å². The molecule has 0 amide bonds. The highest BCUT2D eigenvalue weighted by Gasteiger charge is 2.18. The molecule has 7 nitrogen and oxygen atoms in total. The van der Waals surface area contributed by atoms with Crippen molar-refractivity contribution in [2.75, 3.05) is 6.54 Å². The van der Waals surface area contributed by atoms with E-state index in [4.69, 9.17) is 0 Å². The molecule has 1 heterocycles. The van der Waals surface area contributed by atoms with Crippen molar-refractivity contribution in [2.45, 2.75) is 38.0 Å². The molecular formula is C10H16N4O3. The zero-order valence-electron chi connectivity index (χ0n) is 9.45. The van der Waals surface area contributed by atoms with Crippen LogP contribution in [0.15, 0.2) is 12.4 Å². The van der Waals surface area contributed by atoms with Crippen molar-refractivity contribution in [3.8, 4) is 0 Å². The normalized spacial score (nSPS) is 17.7. The highest BCUT2D eigenvalue weighted by Crippen LogP contribution is 2.17. The average Bonchev–Trinajstić information content (AvgIpc) is 2.63. The second kappa shape index (κ2) is 5.24. The lowest BCUT2D eigenvalue weighted by Crippen LogP contribution is -2.40. The third kappa shape index (κ3) is 3.24. The molecule has 1 saturated carbocycles. The Morgan fingerprint density at radius 1 is 1.71 bits per heavy atom. The van der Waals surface area contributed by atoms with E-state index in [0.717, 1.165) is 0 Å². The van der Waals surface area contributed by atoms with E-state index in [1.807, 2.05) is 0 Å². The van der Waals surface area contributed by atoms with E-state index in [-0.39, 0.29) is 12.2 Å². The van der Waals surface area contributed by atoms with Crippen molar-refractivity contribution in [3.05, 3.63) is 22.5 Å². The predicted molar refractivity (Wildman–Crippen MR) is 60.5 cm³/mol. The minimum atomic E-state index is -0.574. The van der Waals surface area contributed by atoms with E-state index in [0.29, 0.717) is 12.6 Å². The van der Waals surface area contributed by atoms with Crippen molar-refractivity contribution in [2.24, 2.45) is 0 Å². The summed E-state index contributed by atoms with van der Waals surface area (Å²) in [5.41, 5.74) is -0.0517. The molecule has 1 aliphatic rings. The first kappa shape index (κ1) is 12.0. The lowest BCUT2D eigenvalue weighted by molar-refractivity contribution is -0.385. The molecule has 1 unspecified atom stereocenters. The first-order chi connectivity index (χ1) is 8.15. The molecule has 1 fully saturated rings. The summed E-state index contributed by atoms with van der Waals surface area (Å²) < 4.78 is 1.39. The van der Waals surface area contributed by atoms with Gasteiger partial charge in [-0.15, -0.1) is 0 Å². The fourth-order valence-corrected chi connectivity index (χ4v) is 1.74. The summed E-state index contributed by atoms with van der Waals surface area (Å²) in [4.78, 5) is 9.94. The van der Waals surface area contributed by atoms with Gasteiger partial charge in [-0.25, -0.2) is 0 Å². The van der Waals surface area contributed by atoms with Gasteiger partial charge in [-0.1, -0.05) is 6.42 Å². The average molecular weight is 240 g/mol. The van der Waals surface area contributed by atoms with Crippen LogP contribution in [0.2, 0.25) is 0 Å². The molecule has 2 rings (SSSR count). The molecule has 94 valence electrons. The van der Waals surface area contributed by atoms with E-state index in [1.54, 1.807) is 0 Å². The van der Waals surface area contributed by atoms with Gasteiger partial charge in [0.2, 0.25) is 0 Å². The third-order valence-corrected chi connectivity index (χ3v) is 2.98. The maximum atomic E-state index is 10.4. The van der Waals surface area contributed by atoms with E-state index in [9.17, 15) is 15.2 Å². The van der Waals surface area contributed by atoms with E-state index in [2.05, 4.69) is 10.4 Å². The van der Waals surface area contributed by atoms with Crippen molar-refractivity contribution in [1.29, 1.82) is 0 Å². The van der Waals surface area contributed by atoms with Crippen LogP contribution in [-0.2, 0) is 6.54 Å². The number of aliphatic hydroxyl groups excluding tert-OH is 1. The standard InChI is InChI=1S/C10H16N4O3/c15-10(5-11-8-2-1-3-8)7-13-6-9(4-12-13)14(16)17/h4,6,8,10-11,15H,1-3,5,7H2. The molecule has 1 atom stereocenters. The fraction of sp³-hybridized carbons (Fsp3) is 0.700. The number of nitro groups is 1. The summed E-state index contributed by atoms with van der Waals surface area (Å²) in [6, 6.07) is 0.525. The van der Waals surface area contributed by atoms with Crippen LogP contribution in [0.4, 0.5) is 5.69 Å². The van der Waals surface area contributed by atoms with Crippen molar-refractivity contribution < 1.29 is 10.0 Å². The van der Waals surface area contributed by atoms with Crippen LogP contribution in [0.1, 0.15) is 19.3 Å². The Balaban J connectivity index is 1.76. The zero-order chi connectivity index (χ0) is 12.3. The molecule has 0 saturated heterocycles. The SMILES string of the molecule is O=[N+]([O-])c1cnn(CC(O)CNC2CCC2)c1. The van der Waals surface area contributed by atoms with E-state index < -0.39 is 11.0 Å². The molecule has 1 aromatic rings. The number of aliphatic hydroxyl groups is 1. The molecule has 7 heteroatoms. The Hall–Kier alpha value is -1.47. The number of nitrogens with one attached hydrogen (secondary N) is 1. The first-order valence-corrected chi connectivity index (χ1v) is 5.73. The number of hydrogen-bond acceptors (Lipinski definition) is 5. The largest absolute Gasteiger partial charge is 0.390 e. The molecule has 0 radical (unpaired) electrons. The van der Waals surface area contributed by atoms with Crippen LogP contribution >= 0.6 is 0 Å². The number of rotatable bonds is 6. The zero-order valence-corrected chi connectivity index (χ0v) is 9.45. The molecule has 1 aliphatic carbocycles. The van der Waals surface area contributed by atoms with Gasteiger partial charge in [0.05, 0.1) is 17.6 Å². The highest BCUT2D eigenvalue weighted by molar-refractivity contribution is 5.20. The van der Waals surface area contributed by atoms with Gasteiger partial charge in [0.15, 0.2) is 0 Å². The van der Waals surface area contributed by atoms with Gasteiger partial charge in [-0.05, 0) is 12.8 Å². The minimum absolute atomic E-state index is 0.0517. The van der Waals surface area contributed by atoms with Crippen LogP contribution in [0.25, 0.3) is 0 Å². The lowest BCUT2D eigenvalue weighted by atomic mass is 9.93. The van der Waals surface area contributed by atoms with Gasteiger partial charge in [-0.3, -0.25) is 14.8 Å². The van der Waals surface area contributed by atoms with Crippen molar-refractivity contribution >= 4 is 5.69 Å². The molecule has 0 aliphatic heterocycles. The summed E-state index contributed by atoms with van der Waals surface area (Å²) >= 11 is 0. The number of aromatic nitrogens is 2. The van der Waals surface area contributed by atoms with Gasteiger partial charge in [0.25, 0.3) is 0 Å². The predicted octanol–water partition coefficient (Wildman–Crippen LogP) is 0.294. The second-order valence-electron chi connectivity index (χ2n) is 4.37. The van der Waals surface area contributed by atoms with Gasteiger partial charge in [-0.2, -0.15) is 5.10 Å². The van der Waals surface area contributed by atoms with Gasteiger partial charge in [0.1, 0.15) is 12.4 Å². The number of hydrogen-bond donors (Lipinski definition) is 2. The third-order valence-electron chi connectivity index (χ3n) is 2.98. The highest BCUT2D eigenvalue weighted by atomic mass is 16.6. The molecule has 0 bridgehead atoms. The second-order valence-corrected chi connectivity index (χ2v) is 4.37. The van der Waals surface area contributed by atoms with Crippen molar-refractivity contribution in [1.82, 2.24) is 15.1 Å². The lowest BCUT2D eigenvalue weighted by Gasteiger charge is -2.27. The van der Waals surface area contributed by atoms with Crippen LogP contribution < -0.4 is 5.32 Å². The summed E-state index contributed by atoms with van der Waals surface area (Å²) in [5.74, 6) is 0. The molecule has 0 aromatic carbocycles.